The maximum atomic E-state index is 13.2. The molecule has 32 heavy (non-hydrogen) atoms. The van der Waals surface area contributed by atoms with Gasteiger partial charge in [0.05, 0.1) is 24.8 Å². The maximum absolute atomic E-state index is 13.2. The Balaban J connectivity index is 1.70. The monoisotopic (exact) mass is 440 g/mol. The van der Waals surface area contributed by atoms with Gasteiger partial charge in [0.1, 0.15) is 5.75 Å². The van der Waals surface area contributed by atoms with Gasteiger partial charge in [0, 0.05) is 31.7 Å². The van der Waals surface area contributed by atoms with Crippen LogP contribution in [0.25, 0.3) is 0 Å². The molecule has 0 aliphatic carbocycles. The van der Waals surface area contributed by atoms with E-state index in [1.165, 1.54) is 0 Å². The topological polar surface area (TPSA) is 76.5 Å². The second-order valence-electron chi connectivity index (χ2n) is 8.93. The van der Waals surface area contributed by atoms with Crippen molar-refractivity contribution in [3.63, 3.8) is 0 Å². The fraction of sp³-hybridized carbons (Fsp3) is 0.560. The maximum Gasteiger partial charge on any atom is 0.226 e. The quantitative estimate of drug-likeness (QED) is 0.612. The third-order valence-corrected chi connectivity index (χ3v) is 6.19. The van der Waals surface area contributed by atoms with Crippen molar-refractivity contribution in [1.29, 1.82) is 0 Å². The lowest BCUT2D eigenvalue weighted by Gasteiger charge is -2.28. The van der Waals surface area contributed by atoms with Gasteiger partial charge < -0.3 is 15.0 Å². The van der Waals surface area contributed by atoms with Gasteiger partial charge in [-0.15, -0.1) is 0 Å². The molecule has 0 spiro atoms. The number of unbranched alkanes of at least 4 members (excludes halogenated alkanes) is 1. The fourth-order valence-corrected chi connectivity index (χ4v) is 4.46. The molecular weight excluding hydrogens is 404 g/mol. The molecule has 0 radical (unpaired) electrons. The first-order chi connectivity index (χ1) is 15.3. The lowest BCUT2D eigenvalue weighted by atomic mass is 9.92. The van der Waals surface area contributed by atoms with Crippen LogP contribution in [0.4, 0.5) is 0 Å². The predicted octanol–water partition coefficient (Wildman–Crippen LogP) is 3.65. The van der Waals surface area contributed by atoms with E-state index in [0.29, 0.717) is 13.1 Å². The molecule has 2 amide bonds. The molecule has 3 atom stereocenters. The van der Waals surface area contributed by atoms with E-state index in [4.69, 9.17) is 4.74 Å². The van der Waals surface area contributed by atoms with Gasteiger partial charge in [-0.25, -0.2) is 0 Å². The molecule has 2 aromatic rings. The molecule has 1 aromatic carbocycles. The number of nitrogens with one attached hydrogen (secondary N) is 1. The summed E-state index contributed by atoms with van der Waals surface area (Å²) in [5.41, 5.74) is 3.09. The van der Waals surface area contributed by atoms with E-state index in [0.717, 1.165) is 42.1 Å². The third kappa shape index (κ3) is 5.50. The Morgan fingerprint density at radius 2 is 2.00 bits per heavy atom. The van der Waals surface area contributed by atoms with Crippen molar-refractivity contribution in [2.75, 3.05) is 20.2 Å². The van der Waals surface area contributed by atoms with E-state index in [2.05, 4.69) is 30.3 Å². The first kappa shape index (κ1) is 23.8. The molecule has 1 aromatic heterocycles. The molecule has 3 rings (SSSR count). The minimum absolute atomic E-state index is 0.0510. The third-order valence-electron chi connectivity index (χ3n) is 6.19. The van der Waals surface area contributed by atoms with E-state index >= 15 is 0 Å². The lowest BCUT2D eigenvalue weighted by molar-refractivity contribution is -0.129. The Hall–Kier alpha value is -2.83. The molecule has 0 bridgehead atoms. The van der Waals surface area contributed by atoms with Gasteiger partial charge in [0.2, 0.25) is 11.8 Å². The number of benzene rings is 1. The second kappa shape index (κ2) is 10.7. The van der Waals surface area contributed by atoms with Crippen LogP contribution in [0.5, 0.6) is 5.75 Å². The van der Waals surface area contributed by atoms with Gasteiger partial charge >= 0.3 is 0 Å². The number of hydrogen-bond donors (Lipinski definition) is 1. The average molecular weight is 441 g/mol. The molecule has 3 unspecified atom stereocenters. The molecule has 7 heteroatoms. The Labute approximate surface area is 191 Å². The Morgan fingerprint density at radius 1 is 1.28 bits per heavy atom. The molecule has 0 saturated carbocycles. The standard InChI is InChI=1S/C25H36N4O3/c1-6-7-12-28-23(30)14-22(24(28)20-8-10-21(32-5)11-9-20)25(31)26-15-17(2)16-29-19(4)13-18(3)27-29/h8-11,13,17,22,24H,6-7,12,14-16H2,1-5H3,(H,26,31). The van der Waals surface area contributed by atoms with Crippen LogP contribution < -0.4 is 10.1 Å². The molecule has 1 fully saturated rings. The van der Waals surface area contributed by atoms with Crippen molar-refractivity contribution in [2.45, 2.75) is 59.5 Å². The number of nitrogens with zero attached hydrogens (tertiary/aromatic N) is 3. The molecule has 1 aliphatic heterocycles. The number of carbonyl (C=O) groups excluding carboxylic acids is 2. The van der Waals surface area contributed by atoms with Gasteiger partial charge in [-0.2, -0.15) is 5.10 Å². The average Bonchev–Trinajstić information content (AvgIpc) is 3.28. The van der Waals surface area contributed by atoms with Crippen molar-refractivity contribution >= 4 is 11.8 Å². The SMILES string of the molecule is CCCCN1C(=O)CC(C(=O)NCC(C)Cn2nc(C)cc2C)C1c1ccc(OC)cc1. The number of ether oxygens (including phenoxy) is 1. The summed E-state index contributed by atoms with van der Waals surface area (Å²) in [4.78, 5) is 27.9. The fourth-order valence-electron chi connectivity index (χ4n) is 4.46. The molecule has 174 valence electrons. The van der Waals surface area contributed by atoms with Crippen molar-refractivity contribution < 1.29 is 14.3 Å². The van der Waals surface area contributed by atoms with Crippen LogP contribution in [0.1, 0.15) is 56.1 Å². The summed E-state index contributed by atoms with van der Waals surface area (Å²) < 4.78 is 7.26. The zero-order valence-electron chi connectivity index (χ0n) is 19.9. The number of aromatic nitrogens is 2. The molecule has 1 N–H and O–H groups in total. The van der Waals surface area contributed by atoms with E-state index in [1.54, 1.807) is 7.11 Å². The summed E-state index contributed by atoms with van der Waals surface area (Å²) in [5, 5.41) is 7.62. The molecule has 1 saturated heterocycles. The van der Waals surface area contributed by atoms with E-state index in [9.17, 15) is 9.59 Å². The largest absolute Gasteiger partial charge is 0.497 e. The molecule has 7 nitrogen and oxygen atoms in total. The Kier molecular flexibility index (Phi) is 7.94. The predicted molar refractivity (Wildman–Crippen MR) is 124 cm³/mol. The van der Waals surface area contributed by atoms with Gasteiger partial charge in [0.15, 0.2) is 0 Å². The normalized spacial score (nSPS) is 19.3. The summed E-state index contributed by atoms with van der Waals surface area (Å²) in [6.45, 7) is 10.2. The second-order valence-corrected chi connectivity index (χ2v) is 8.93. The number of amides is 2. The molecular formula is C25H36N4O3. The summed E-state index contributed by atoms with van der Waals surface area (Å²) in [5.74, 6) is 0.587. The summed E-state index contributed by atoms with van der Waals surface area (Å²) in [6.07, 6.45) is 2.17. The van der Waals surface area contributed by atoms with Crippen LogP contribution in [-0.4, -0.2) is 46.7 Å². The van der Waals surface area contributed by atoms with Crippen LogP contribution >= 0.6 is 0 Å². The minimum atomic E-state index is -0.395. The highest BCUT2D eigenvalue weighted by Crippen LogP contribution is 2.39. The van der Waals surface area contributed by atoms with E-state index < -0.39 is 5.92 Å². The molecule has 2 heterocycles. The van der Waals surface area contributed by atoms with Crippen LogP contribution in [0.3, 0.4) is 0 Å². The van der Waals surface area contributed by atoms with Crippen LogP contribution in [0, 0.1) is 25.7 Å². The highest BCUT2D eigenvalue weighted by atomic mass is 16.5. The van der Waals surface area contributed by atoms with Crippen molar-refractivity contribution in [2.24, 2.45) is 11.8 Å². The Bertz CT molecular complexity index is 922. The zero-order chi connectivity index (χ0) is 23.3. The van der Waals surface area contributed by atoms with Crippen LogP contribution in [-0.2, 0) is 16.1 Å². The number of hydrogen-bond acceptors (Lipinski definition) is 4. The number of carbonyl (C=O) groups is 2. The smallest absolute Gasteiger partial charge is 0.226 e. The van der Waals surface area contributed by atoms with Gasteiger partial charge in [-0.05, 0) is 49.9 Å². The minimum Gasteiger partial charge on any atom is -0.497 e. The number of likely N-dealkylation sites (tertiary alicyclic amines) is 1. The lowest BCUT2D eigenvalue weighted by Crippen LogP contribution is -2.38. The first-order valence-corrected chi connectivity index (χ1v) is 11.6. The number of rotatable bonds is 10. The highest BCUT2D eigenvalue weighted by Gasteiger charge is 2.44. The highest BCUT2D eigenvalue weighted by molar-refractivity contribution is 5.90. The van der Waals surface area contributed by atoms with Gasteiger partial charge in [-0.3, -0.25) is 14.3 Å². The van der Waals surface area contributed by atoms with E-state index in [-0.39, 0.29) is 30.2 Å². The first-order valence-electron chi connectivity index (χ1n) is 11.6. The van der Waals surface area contributed by atoms with Crippen LogP contribution in [0.15, 0.2) is 30.3 Å². The Morgan fingerprint density at radius 3 is 2.59 bits per heavy atom. The van der Waals surface area contributed by atoms with E-state index in [1.807, 2.05) is 47.7 Å². The number of aryl methyl sites for hydroxylation is 2. The van der Waals surface area contributed by atoms with Crippen molar-refractivity contribution in [1.82, 2.24) is 20.0 Å². The summed E-state index contributed by atoms with van der Waals surface area (Å²) in [6, 6.07) is 9.52. The van der Waals surface area contributed by atoms with Crippen molar-refractivity contribution in [3.05, 3.63) is 47.3 Å². The number of methoxy groups -OCH3 is 1. The zero-order valence-corrected chi connectivity index (χ0v) is 19.9. The van der Waals surface area contributed by atoms with Gasteiger partial charge in [0.25, 0.3) is 0 Å². The van der Waals surface area contributed by atoms with Gasteiger partial charge in [-0.1, -0.05) is 32.4 Å². The van der Waals surface area contributed by atoms with Crippen LogP contribution in [0.2, 0.25) is 0 Å². The summed E-state index contributed by atoms with van der Waals surface area (Å²) >= 11 is 0. The van der Waals surface area contributed by atoms with Crippen molar-refractivity contribution in [3.8, 4) is 5.75 Å². The summed E-state index contributed by atoms with van der Waals surface area (Å²) in [7, 11) is 1.63. The molecule has 1 aliphatic rings.